The van der Waals surface area contributed by atoms with Gasteiger partial charge in [0.1, 0.15) is 0 Å². The lowest BCUT2D eigenvalue weighted by atomic mass is 9.85. The third kappa shape index (κ3) is 5.51. The van der Waals surface area contributed by atoms with E-state index in [2.05, 4.69) is 4.72 Å². The third-order valence-electron chi connectivity index (χ3n) is 3.11. The smallest absolute Gasteiger partial charge is 0.211 e. The minimum Gasteiger partial charge on any atom is -0.214 e. The number of unbranched alkanes of at least 4 members (excludes halogenated alkanes) is 1. The SMILES string of the molecule is CCCCS(=O)(=O)NCC(C)(C)c1cccc(Cl)c1. The molecule has 1 rings (SSSR count). The van der Waals surface area contributed by atoms with E-state index in [1.165, 1.54) is 0 Å². The van der Waals surface area contributed by atoms with E-state index in [1.54, 1.807) is 0 Å². The van der Waals surface area contributed by atoms with Gasteiger partial charge in [0, 0.05) is 17.0 Å². The highest BCUT2D eigenvalue weighted by Crippen LogP contribution is 2.25. The molecule has 1 N–H and O–H groups in total. The molecule has 5 heteroatoms. The number of hydrogen-bond acceptors (Lipinski definition) is 2. The van der Waals surface area contributed by atoms with E-state index in [1.807, 2.05) is 45.0 Å². The first kappa shape index (κ1) is 16.5. The Labute approximate surface area is 121 Å². The molecule has 19 heavy (non-hydrogen) atoms. The molecule has 0 fully saturated rings. The topological polar surface area (TPSA) is 46.2 Å². The van der Waals surface area contributed by atoms with Gasteiger partial charge in [0.2, 0.25) is 10.0 Å². The van der Waals surface area contributed by atoms with E-state index in [-0.39, 0.29) is 11.2 Å². The van der Waals surface area contributed by atoms with Gasteiger partial charge in [0.25, 0.3) is 0 Å². The van der Waals surface area contributed by atoms with Crippen LogP contribution < -0.4 is 4.72 Å². The molecular formula is C14H22ClNO2S. The van der Waals surface area contributed by atoms with Crippen LogP contribution in [0.2, 0.25) is 5.02 Å². The van der Waals surface area contributed by atoms with E-state index in [4.69, 9.17) is 11.6 Å². The predicted molar refractivity (Wildman–Crippen MR) is 81.2 cm³/mol. The van der Waals surface area contributed by atoms with Gasteiger partial charge in [-0.3, -0.25) is 0 Å². The summed E-state index contributed by atoms with van der Waals surface area (Å²) in [6, 6.07) is 7.53. The number of nitrogens with one attached hydrogen (secondary N) is 1. The quantitative estimate of drug-likeness (QED) is 0.840. The first-order chi connectivity index (χ1) is 8.77. The molecule has 0 heterocycles. The maximum atomic E-state index is 11.8. The van der Waals surface area contributed by atoms with Crippen LogP contribution in [0.1, 0.15) is 39.2 Å². The van der Waals surface area contributed by atoms with Gasteiger partial charge in [-0.15, -0.1) is 0 Å². The van der Waals surface area contributed by atoms with E-state index in [0.717, 1.165) is 12.0 Å². The zero-order valence-electron chi connectivity index (χ0n) is 11.7. The lowest BCUT2D eigenvalue weighted by molar-refractivity contribution is 0.501. The van der Waals surface area contributed by atoms with Crippen LogP contribution in [0, 0.1) is 0 Å². The number of sulfonamides is 1. The Morgan fingerprint density at radius 3 is 2.58 bits per heavy atom. The van der Waals surface area contributed by atoms with Crippen molar-refractivity contribution in [1.82, 2.24) is 4.72 Å². The second-order valence-corrected chi connectivity index (χ2v) is 7.75. The zero-order valence-corrected chi connectivity index (χ0v) is 13.3. The molecule has 108 valence electrons. The lowest BCUT2D eigenvalue weighted by Crippen LogP contribution is -2.37. The van der Waals surface area contributed by atoms with E-state index >= 15 is 0 Å². The summed E-state index contributed by atoms with van der Waals surface area (Å²) in [5.74, 6) is 0.190. The van der Waals surface area contributed by atoms with Crippen molar-refractivity contribution in [1.29, 1.82) is 0 Å². The summed E-state index contributed by atoms with van der Waals surface area (Å²) in [5.41, 5.74) is 0.739. The maximum Gasteiger partial charge on any atom is 0.211 e. The second kappa shape index (κ2) is 6.73. The summed E-state index contributed by atoms with van der Waals surface area (Å²) in [7, 11) is -3.18. The summed E-state index contributed by atoms with van der Waals surface area (Å²) in [6.07, 6.45) is 1.56. The van der Waals surface area contributed by atoms with Gasteiger partial charge in [0.15, 0.2) is 0 Å². The van der Waals surface area contributed by atoms with Crippen molar-refractivity contribution in [2.75, 3.05) is 12.3 Å². The van der Waals surface area contributed by atoms with Crippen LogP contribution >= 0.6 is 11.6 Å². The highest BCUT2D eigenvalue weighted by atomic mass is 35.5. The van der Waals surface area contributed by atoms with Crippen molar-refractivity contribution in [3.63, 3.8) is 0 Å². The molecule has 0 radical (unpaired) electrons. The fraction of sp³-hybridized carbons (Fsp3) is 0.571. The van der Waals surface area contributed by atoms with Crippen LogP contribution in [0.5, 0.6) is 0 Å². The largest absolute Gasteiger partial charge is 0.214 e. The molecule has 0 aliphatic carbocycles. The van der Waals surface area contributed by atoms with Gasteiger partial charge in [-0.05, 0) is 24.1 Å². The van der Waals surface area contributed by atoms with Crippen molar-refractivity contribution in [3.8, 4) is 0 Å². The molecule has 0 atom stereocenters. The molecule has 0 amide bonds. The molecule has 0 saturated heterocycles. The Bertz CT molecular complexity index is 512. The molecule has 0 spiro atoms. The Morgan fingerprint density at radius 2 is 2.00 bits per heavy atom. The van der Waals surface area contributed by atoms with Crippen LogP contribution in [-0.2, 0) is 15.4 Å². The van der Waals surface area contributed by atoms with Crippen LogP contribution in [0.3, 0.4) is 0 Å². The van der Waals surface area contributed by atoms with Crippen molar-refractivity contribution in [2.24, 2.45) is 0 Å². The lowest BCUT2D eigenvalue weighted by Gasteiger charge is -2.25. The molecule has 1 aromatic rings. The molecule has 0 aliphatic heterocycles. The number of halogens is 1. The first-order valence-corrected chi connectivity index (χ1v) is 8.53. The zero-order chi connectivity index (χ0) is 14.5. The first-order valence-electron chi connectivity index (χ1n) is 6.50. The standard InChI is InChI=1S/C14H22ClNO2S/c1-4-5-9-19(17,18)16-11-14(2,3)12-7-6-8-13(15)10-12/h6-8,10,16H,4-5,9,11H2,1-3H3. The van der Waals surface area contributed by atoms with Gasteiger partial charge in [-0.25, -0.2) is 13.1 Å². The highest BCUT2D eigenvalue weighted by Gasteiger charge is 2.23. The fourth-order valence-electron chi connectivity index (χ4n) is 1.71. The van der Waals surface area contributed by atoms with Gasteiger partial charge in [-0.2, -0.15) is 0 Å². The van der Waals surface area contributed by atoms with Crippen LogP contribution in [0.25, 0.3) is 0 Å². The van der Waals surface area contributed by atoms with Crippen molar-refractivity contribution in [3.05, 3.63) is 34.9 Å². The molecule has 0 aliphatic rings. The average Bonchev–Trinajstić information content (AvgIpc) is 2.34. The molecule has 1 aromatic carbocycles. The summed E-state index contributed by atoms with van der Waals surface area (Å²) in [4.78, 5) is 0. The summed E-state index contributed by atoms with van der Waals surface area (Å²) >= 11 is 5.97. The third-order valence-corrected chi connectivity index (χ3v) is 4.75. The van der Waals surface area contributed by atoms with Crippen molar-refractivity contribution >= 4 is 21.6 Å². The van der Waals surface area contributed by atoms with Crippen LogP contribution in [0.4, 0.5) is 0 Å². The van der Waals surface area contributed by atoms with Crippen molar-refractivity contribution < 1.29 is 8.42 Å². The van der Waals surface area contributed by atoms with E-state index in [0.29, 0.717) is 18.0 Å². The molecular weight excluding hydrogens is 282 g/mol. The van der Waals surface area contributed by atoms with E-state index in [9.17, 15) is 8.42 Å². The minimum atomic E-state index is -3.18. The molecule has 0 aromatic heterocycles. The molecule has 0 unspecified atom stereocenters. The normalized spacial score (nSPS) is 12.6. The molecule has 0 bridgehead atoms. The Balaban J connectivity index is 2.70. The fourth-order valence-corrected chi connectivity index (χ4v) is 3.29. The number of rotatable bonds is 7. The number of benzene rings is 1. The van der Waals surface area contributed by atoms with Crippen molar-refractivity contribution in [2.45, 2.75) is 39.0 Å². The Morgan fingerprint density at radius 1 is 1.32 bits per heavy atom. The van der Waals surface area contributed by atoms with Gasteiger partial charge < -0.3 is 0 Å². The Kier molecular flexibility index (Phi) is 5.83. The average molecular weight is 304 g/mol. The summed E-state index contributed by atoms with van der Waals surface area (Å²) < 4.78 is 26.3. The molecule has 0 saturated carbocycles. The van der Waals surface area contributed by atoms with Crippen LogP contribution in [-0.4, -0.2) is 20.7 Å². The van der Waals surface area contributed by atoms with Gasteiger partial charge in [0.05, 0.1) is 5.75 Å². The minimum absolute atomic E-state index is 0.190. The predicted octanol–water partition coefficient (Wildman–Crippen LogP) is 3.34. The maximum absolute atomic E-state index is 11.8. The molecule has 3 nitrogen and oxygen atoms in total. The monoisotopic (exact) mass is 303 g/mol. The van der Waals surface area contributed by atoms with Gasteiger partial charge >= 0.3 is 0 Å². The number of hydrogen-bond donors (Lipinski definition) is 1. The van der Waals surface area contributed by atoms with E-state index < -0.39 is 10.0 Å². The van der Waals surface area contributed by atoms with Gasteiger partial charge in [-0.1, -0.05) is 50.9 Å². The highest BCUT2D eigenvalue weighted by molar-refractivity contribution is 7.89. The van der Waals surface area contributed by atoms with Crippen LogP contribution in [0.15, 0.2) is 24.3 Å². The second-order valence-electron chi connectivity index (χ2n) is 5.39. The Hall–Kier alpha value is -0.580. The summed E-state index contributed by atoms with van der Waals surface area (Å²) in [5, 5.41) is 0.666. The summed E-state index contributed by atoms with van der Waals surface area (Å²) in [6.45, 7) is 6.35.